The minimum Gasteiger partial charge on any atom is -0.376 e. The molecule has 0 spiro atoms. The maximum atomic E-state index is 13.0. The lowest BCUT2D eigenvalue weighted by Crippen LogP contribution is -2.51. The number of fused-ring (bicyclic) bond motifs is 1. The number of piperidine rings is 1. The van der Waals surface area contributed by atoms with E-state index in [1.54, 1.807) is 18.2 Å². The Morgan fingerprint density at radius 1 is 0.950 bits per heavy atom. The molecule has 3 aliphatic heterocycles. The van der Waals surface area contributed by atoms with Crippen LogP contribution in [0.4, 0.5) is 11.4 Å². The average Bonchev–Trinajstić information content (AvgIpc) is 3.21. The minimum atomic E-state index is -0.848. The van der Waals surface area contributed by atoms with Gasteiger partial charge in [0.15, 0.2) is 0 Å². The fourth-order valence-corrected chi connectivity index (χ4v) is 5.46. The molecule has 2 saturated heterocycles. The molecule has 0 aromatic heterocycles. The number of piperazine rings is 1. The van der Waals surface area contributed by atoms with Crippen molar-refractivity contribution in [2.45, 2.75) is 31.7 Å². The monoisotopic (exact) mass is 544 g/mol. The highest BCUT2D eigenvalue weighted by Gasteiger charge is 2.44. The van der Waals surface area contributed by atoms with Gasteiger partial charge in [-0.25, -0.2) is 0 Å². The second kappa shape index (κ2) is 12.3. The van der Waals surface area contributed by atoms with Crippen LogP contribution in [0.2, 0.25) is 0 Å². The zero-order chi connectivity index (χ0) is 28.1. The van der Waals surface area contributed by atoms with Crippen LogP contribution < -0.4 is 20.9 Å². The molecule has 0 radical (unpaired) electrons. The maximum Gasteiger partial charge on any atom is 0.262 e. The van der Waals surface area contributed by atoms with Crippen molar-refractivity contribution in [2.24, 2.45) is 0 Å². The molecule has 2 aromatic carbocycles. The van der Waals surface area contributed by atoms with Crippen LogP contribution in [0, 0.1) is 0 Å². The lowest BCUT2D eigenvalue weighted by Gasteiger charge is -2.36. The molecule has 3 aliphatic rings. The number of rotatable bonds is 10. The summed E-state index contributed by atoms with van der Waals surface area (Å²) in [5.74, 6) is -1.51. The zero-order valence-electron chi connectivity index (χ0n) is 22.7. The highest BCUT2D eigenvalue weighted by atomic mass is 16.2. The summed E-state index contributed by atoms with van der Waals surface area (Å²) in [7, 11) is 0. The number of nitrogens with one attached hydrogen (secondary N) is 3. The Morgan fingerprint density at radius 3 is 2.45 bits per heavy atom. The van der Waals surface area contributed by atoms with E-state index in [0.29, 0.717) is 30.8 Å². The number of para-hydroxylation sites is 1. The molecular weight excluding hydrogens is 508 g/mol. The Kier molecular flexibility index (Phi) is 8.45. The van der Waals surface area contributed by atoms with Gasteiger partial charge in [-0.3, -0.25) is 29.0 Å². The number of allylic oxidation sites excluding steroid dienone is 1. The van der Waals surface area contributed by atoms with Crippen LogP contribution in [-0.4, -0.2) is 85.3 Å². The van der Waals surface area contributed by atoms with E-state index < -0.39 is 23.8 Å². The summed E-state index contributed by atoms with van der Waals surface area (Å²) in [4.78, 5) is 56.5. The van der Waals surface area contributed by atoms with Gasteiger partial charge in [-0.15, -0.1) is 0 Å². The van der Waals surface area contributed by atoms with E-state index >= 15 is 0 Å². The topological polar surface area (TPSA) is 114 Å². The summed E-state index contributed by atoms with van der Waals surface area (Å²) >= 11 is 0. The quantitative estimate of drug-likeness (QED) is 0.310. The fourth-order valence-electron chi connectivity index (χ4n) is 5.46. The van der Waals surface area contributed by atoms with Gasteiger partial charge in [-0.1, -0.05) is 24.8 Å². The summed E-state index contributed by atoms with van der Waals surface area (Å²) < 4.78 is 0. The lowest BCUT2D eigenvalue weighted by molar-refractivity contribution is -0.125. The first-order valence-corrected chi connectivity index (χ1v) is 13.9. The number of carbonyl (C=O) groups excluding carboxylic acids is 4. The first-order valence-electron chi connectivity index (χ1n) is 13.9. The molecule has 1 atom stereocenters. The molecule has 10 nitrogen and oxygen atoms in total. The molecular formula is C30H36N6O4. The van der Waals surface area contributed by atoms with Gasteiger partial charge in [0.2, 0.25) is 11.8 Å². The van der Waals surface area contributed by atoms with Crippen molar-refractivity contribution < 1.29 is 19.2 Å². The van der Waals surface area contributed by atoms with Crippen molar-refractivity contribution in [3.63, 3.8) is 0 Å². The number of hydrogen-bond acceptors (Lipinski definition) is 7. The first kappa shape index (κ1) is 27.4. The van der Waals surface area contributed by atoms with E-state index in [2.05, 4.69) is 56.6 Å². The minimum absolute atomic E-state index is 0.0548. The number of carbonyl (C=O) groups is 4. The number of anilines is 2. The van der Waals surface area contributed by atoms with Crippen molar-refractivity contribution in [1.82, 2.24) is 20.4 Å². The molecule has 0 bridgehead atoms. The number of nitrogens with zero attached hydrogens (tertiary/aromatic N) is 3. The summed E-state index contributed by atoms with van der Waals surface area (Å²) in [6.07, 6.45) is 2.78. The fraction of sp³-hybridized carbons (Fsp3) is 0.400. The first-order chi connectivity index (χ1) is 19.4. The van der Waals surface area contributed by atoms with Crippen molar-refractivity contribution in [1.29, 1.82) is 0 Å². The van der Waals surface area contributed by atoms with Crippen LogP contribution in [0.25, 0.3) is 0 Å². The van der Waals surface area contributed by atoms with Crippen molar-refractivity contribution in [2.75, 3.05) is 56.0 Å². The average molecular weight is 545 g/mol. The van der Waals surface area contributed by atoms with Gasteiger partial charge in [-0.2, -0.15) is 0 Å². The molecule has 3 N–H and O–H groups in total. The smallest absolute Gasteiger partial charge is 0.262 e. The SMILES string of the molecule is C=C1CCC(N2C(=O)c3ccc(NCC(=O)NCCCCN4CCN(c5ccccc5)CC4)cc3C2=O)C(=O)N1. The second-order valence-electron chi connectivity index (χ2n) is 10.5. The van der Waals surface area contributed by atoms with Crippen LogP contribution in [0.3, 0.4) is 0 Å². The van der Waals surface area contributed by atoms with E-state index in [9.17, 15) is 19.2 Å². The third kappa shape index (κ3) is 6.17. The summed E-state index contributed by atoms with van der Waals surface area (Å²) in [6, 6.07) is 14.5. The van der Waals surface area contributed by atoms with Gasteiger partial charge < -0.3 is 20.9 Å². The van der Waals surface area contributed by atoms with Gasteiger partial charge in [0, 0.05) is 49.8 Å². The van der Waals surface area contributed by atoms with E-state index in [0.717, 1.165) is 50.5 Å². The van der Waals surface area contributed by atoms with Crippen LogP contribution in [0.5, 0.6) is 0 Å². The highest BCUT2D eigenvalue weighted by molar-refractivity contribution is 6.23. The summed E-state index contributed by atoms with van der Waals surface area (Å²) in [5.41, 5.74) is 2.92. The number of amides is 4. The number of hydrogen-bond donors (Lipinski definition) is 3. The summed E-state index contributed by atoms with van der Waals surface area (Å²) in [6.45, 7) is 9.56. The van der Waals surface area contributed by atoms with Gasteiger partial charge in [-0.05, 0) is 62.6 Å². The third-order valence-corrected chi connectivity index (χ3v) is 7.72. The predicted molar refractivity (Wildman–Crippen MR) is 153 cm³/mol. The molecule has 2 fully saturated rings. The Labute approximate surface area is 234 Å². The highest BCUT2D eigenvalue weighted by Crippen LogP contribution is 2.30. The van der Waals surface area contributed by atoms with Crippen LogP contribution in [-0.2, 0) is 9.59 Å². The maximum absolute atomic E-state index is 13.0. The number of imide groups is 1. The van der Waals surface area contributed by atoms with Gasteiger partial charge in [0.1, 0.15) is 6.04 Å². The van der Waals surface area contributed by atoms with Gasteiger partial charge in [0.25, 0.3) is 11.8 Å². The van der Waals surface area contributed by atoms with E-state index in [1.807, 2.05) is 6.07 Å². The largest absolute Gasteiger partial charge is 0.376 e. The third-order valence-electron chi connectivity index (χ3n) is 7.72. The Bertz CT molecular complexity index is 1290. The Morgan fingerprint density at radius 2 is 1.70 bits per heavy atom. The van der Waals surface area contributed by atoms with Crippen molar-refractivity contribution in [3.05, 3.63) is 71.9 Å². The molecule has 5 rings (SSSR count). The number of unbranched alkanes of at least 4 members (excludes halogenated alkanes) is 1. The molecule has 1 unspecified atom stereocenters. The number of benzene rings is 2. The Balaban J connectivity index is 1.01. The Hall–Kier alpha value is -4.18. The normalized spacial score (nSPS) is 19.4. The van der Waals surface area contributed by atoms with Crippen LogP contribution in [0.15, 0.2) is 60.8 Å². The summed E-state index contributed by atoms with van der Waals surface area (Å²) in [5, 5.41) is 8.59. The molecule has 2 aromatic rings. The van der Waals surface area contributed by atoms with E-state index in [1.165, 1.54) is 5.69 Å². The molecule has 4 amide bonds. The van der Waals surface area contributed by atoms with E-state index in [4.69, 9.17) is 0 Å². The standard InChI is InChI=1S/C30H36N6O4/c1-21-9-12-26(28(38)33-21)36-29(39)24-11-10-22(19-25(24)30(36)40)32-20-27(37)31-13-5-6-14-34-15-17-35(18-16-34)23-7-3-2-4-8-23/h2-4,7-8,10-11,19,26,32H,1,5-6,9,12-18,20H2,(H,31,37)(H,33,38). The second-order valence-corrected chi connectivity index (χ2v) is 10.5. The van der Waals surface area contributed by atoms with Gasteiger partial charge in [0.05, 0.1) is 17.7 Å². The molecule has 0 aliphatic carbocycles. The molecule has 210 valence electrons. The predicted octanol–water partition coefficient (Wildman–Crippen LogP) is 2.21. The van der Waals surface area contributed by atoms with Crippen molar-refractivity contribution in [3.8, 4) is 0 Å². The van der Waals surface area contributed by atoms with E-state index in [-0.39, 0.29) is 23.6 Å². The van der Waals surface area contributed by atoms with Crippen molar-refractivity contribution >= 4 is 35.0 Å². The van der Waals surface area contributed by atoms with Crippen LogP contribution >= 0.6 is 0 Å². The lowest BCUT2D eigenvalue weighted by atomic mass is 10.0. The molecule has 10 heteroatoms. The van der Waals surface area contributed by atoms with Gasteiger partial charge >= 0.3 is 0 Å². The molecule has 3 heterocycles. The molecule has 0 saturated carbocycles. The molecule has 40 heavy (non-hydrogen) atoms. The zero-order valence-corrected chi connectivity index (χ0v) is 22.7. The van der Waals surface area contributed by atoms with Crippen LogP contribution in [0.1, 0.15) is 46.4 Å².